The van der Waals surface area contributed by atoms with E-state index in [-0.39, 0.29) is 66.2 Å². The highest BCUT2D eigenvalue weighted by atomic mass is 16.5. The molecule has 5 rings (SSSR count). The summed E-state index contributed by atoms with van der Waals surface area (Å²) in [6.07, 6.45) is 9.69. The number of carboxylic acids is 1. The molecule has 1 aromatic rings. The number of methoxy groups -OCH3 is 2. The molecule has 11 atom stereocenters. The lowest BCUT2D eigenvalue weighted by atomic mass is 9.89. The van der Waals surface area contributed by atoms with Crippen molar-refractivity contribution in [2.24, 2.45) is 23.7 Å². The highest BCUT2D eigenvalue weighted by Gasteiger charge is 2.50. The third-order valence-corrected chi connectivity index (χ3v) is 14.8. The highest BCUT2D eigenvalue weighted by molar-refractivity contribution is 6.12. The van der Waals surface area contributed by atoms with Crippen molar-refractivity contribution in [1.82, 2.24) is 30.2 Å². The van der Waals surface area contributed by atoms with Crippen molar-refractivity contribution in [3.05, 3.63) is 48.0 Å². The van der Waals surface area contributed by atoms with E-state index in [9.17, 15) is 38.7 Å². The van der Waals surface area contributed by atoms with Gasteiger partial charge in [0.15, 0.2) is 0 Å². The highest BCUT2D eigenvalue weighted by Crippen LogP contribution is 2.43. The number of hydrogen-bond acceptors (Lipinski definition) is 10. The Balaban J connectivity index is 1.21. The molecule has 1 aromatic carbocycles. The first-order chi connectivity index (χ1) is 31.5. The van der Waals surface area contributed by atoms with Crippen molar-refractivity contribution < 1.29 is 48.1 Å². The van der Waals surface area contributed by atoms with Gasteiger partial charge in [-0.2, -0.15) is 0 Å². The second kappa shape index (κ2) is 24.4. The van der Waals surface area contributed by atoms with Crippen LogP contribution in [0.4, 0.5) is 0 Å². The number of ether oxygens (including phenoxy) is 2. The number of aliphatic carboxylic acids is 1. The van der Waals surface area contributed by atoms with Crippen LogP contribution in [0.25, 0.3) is 0 Å². The maximum Gasteiger partial charge on any atom is 0.326 e. The molecule has 7 unspecified atom stereocenters. The molecule has 0 radical (unpaired) electrons. The van der Waals surface area contributed by atoms with E-state index in [0.717, 1.165) is 57.1 Å². The number of rotatable bonds is 26. The fraction of sp³-hybridized carbons (Fsp3) is 0.700. The molecule has 66 heavy (non-hydrogen) atoms. The first-order valence-corrected chi connectivity index (χ1v) is 24.3. The Bertz CT molecular complexity index is 1860. The summed E-state index contributed by atoms with van der Waals surface area (Å²) in [5.41, 5.74) is 0.778. The van der Waals surface area contributed by atoms with Crippen molar-refractivity contribution in [1.29, 1.82) is 0 Å². The Morgan fingerprint density at radius 3 is 2.15 bits per heavy atom. The molecule has 6 amide bonds. The molecule has 16 nitrogen and oxygen atoms in total. The third-order valence-electron chi connectivity index (χ3n) is 14.8. The fourth-order valence-electron chi connectivity index (χ4n) is 11.0. The van der Waals surface area contributed by atoms with Gasteiger partial charge < -0.3 is 35.0 Å². The maximum atomic E-state index is 14.7. The summed E-state index contributed by atoms with van der Waals surface area (Å²) >= 11 is 0. The minimum atomic E-state index is -1.15. The number of amides is 6. The largest absolute Gasteiger partial charge is 0.480 e. The van der Waals surface area contributed by atoms with Gasteiger partial charge >= 0.3 is 5.97 Å². The number of likely N-dealkylation sites (tertiary alicyclic amines) is 2. The van der Waals surface area contributed by atoms with Gasteiger partial charge in [-0.25, -0.2) is 4.79 Å². The third kappa shape index (κ3) is 12.6. The number of imide groups is 1. The Morgan fingerprint density at radius 1 is 0.879 bits per heavy atom. The van der Waals surface area contributed by atoms with E-state index >= 15 is 0 Å². The maximum absolute atomic E-state index is 14.7. The summed E-state index contributed by atoms with van der Waals surface area (Å²) in [5.74, 6) is -3.56. The van der Waals surface area contributed by atoms with E-state index in [1.54, 1.807) is 30.9 Å². The molecule has 16 heteroatoms. The average Bonchev–Trinajstić information content (AvgIpc) is 4.12. The van der Waals surface area contributed by atoms with Crippen LogP contribution in [-0.4, -0.2) is 155 Å². The predicted octanol–water partition coefficient (Wildman–Crippen LogP) is 4.20. The van der Waals surface area contributed by atoms with Crippen LogP contribution in [0.3, 0.4) is 0 Å². The molecular weight excluding hydrogens is 845 g/mol. The molecule has 3 aliphatic heterocycles. The molecule has 0 aromatic heterocycles. The van der Waals surface area contributed by atoms with Crippen LogP contribution < -0.4 is 10.6 Å². The van der Waals surface area contributed by atoms with Crippen LogP contribution >= 0.6 is 0 Å². The Kier molecular flexibility index (Phi) is 19.3. The van der Waals surface area contributed by atoms with E-state index in [1.165, 1.54) is 24.2 Å². The lowest BCUT2D eigenvalue weighted by Crippen LogP contribution is -2.60. The molecule has 3 heterocycles. The standard InChI is InChI=1S/C50H76N6O10/c1-9-32(4)44(39(65-7)30-42(59)55-27-17-20-38(55)46(66-8)33(5)47(60)51-37(50(63)64)28-34-18-13-12-14-19-34)53(6)49(62)43(31(2)3)52-48(61)45-35-21-22-36(29-35)54(45)25-15-10-11-16-26-56-40(57)23-24-41(56)58/h12-14,18-19,23-24,31-33,35-39,43-46H,9-11,15-17,20-22,25-30H2,1-8H3,(H,51,60)(H,52,61)(H,63,64)/t32?,33?,35-,36+,37?,38-,39?,43?,44?,45-,46?/m0/s1. The molecule has 3 N–H and O–H groups in total. The van der Waals surface area contributed by atoms with Gasteiger partial charge in [0.05, 0.1) is 42.7 Å². The first kappa shape index (κ1) is 52.3. The van der Waals surface area contributed by atoms with E-state index in [1.807, 2.05) is 58.0 Å². The molecule has 2 saturated heterocycles. The summed E-state index contributed by atoms with van der Waals surface area (Å²) in [6, 6.07) is 6.20. The molecule has 3 fully saturated rings. The van der Waals surface area contributed by atoms with Gasteiger partial charge in [0, 0.05) is 59.0 Å². The smallest absolute Gasteiger partial charge is 0.326 e. The summed E-state index contributed by atoms with van der Waals surface area (Å²) in [4.78, 5) is 99.9. The van der Waals surface area contributed by atoms with Crippen LogP contribution in [0.1, 0.15) is 111 Å². The van der Waals surface area contributed by atoms with Crippen LogP contribution in [0.2, 0.25) is 0 Å². The first-order valence-electron chi connectivity index (χ1n) is 24.3. The van der Waals surface area contributed by atoms with Gasteiger partial charge in [0.1, 0.15) is 12.1 Å². The average molecular weight is 921 g/mol. The van der Waals surface area contributed by atoms with Gasteiger partial charge in [0.25, 0.3) is 11.8 Å². The van der Waals surface area contributed by atoms with E-state index in [4.69, 9.17) is 9.47 Å². The number of nitrogens with zero attached hydrogens (tertiary/aromatic N) is 4. The van der Waals surface area contributed by atoms with Crippen molar-refractivity contribution in [3.8, 4) is 0 Å². The second-order valence-electron chi connectivity index (χ2n) is 19.4. The molecule has 366 valence electrons. The quantitative estimate of drug-likeness (QED) is 0.0891. The summed E-state index contributed by atoms with van der Waals surface area (Å²) < 4.78 is 12.0. The zero-order valence-corrected chi connectivity index (χ0v) is 40.5. The van der Waals surface area contributed by atoms with Crippen LogP contribution in [0.5, 0.6) is 0 Å². The van der Waals surface area contributed by atoms with Gasteiger partial charge in [-0.3, -0.25) is 38.6 Å². The molecule has 1 saturated carbocycles. The summed E-state index contributed by atoms with van der Waals surface area (Å²) in [7, 11) is 4.78. The van der Waals surface area contributed by atoms with Crippen LogP contribution in [0.15, 0.2) is 42.5 Å². The van der Waals surface area contributed by atoms with E-state index in [2.05, 4.69) is 15.5 Å². The number of piperidine rings is 1. The van der Waals surface area contributed by atoms with E-state index < -0.39 is 54.2 Å². The van der Waals surface area contributed by atoms with Crippen LogP contribution in [0, 0.1) is 23.7 Å². The van der Waals surface area contributed by atoms with Crippen LogP contribution in [-0.2, 0) is 49.5 Å². The number of unbranched alkanes of at least 4 members (excludes halogenated alkanes) is 3. The SMILES string of the molecule is CCC(C)C(C(CC(=O)N1CCC[C@H]1C(OC)C(C)C(=O)NC(Cc1ccccc1)C(=O)O)OC)N(C)C(=O)C(NC(=O)[C@@H]1[C@H]2CC[C@H](C2)N1CCCCCCN1C(=O)C=CC1=O)C(C)C. The monoisotopic (exact) mass is 921 g/mol. The number of carboxylic acid groups (broad SMARTS) is 1. The molecule has 2 bridgehead atoms. The van der Waals surface area contributed by atoms with Gasteiger partial charge in [-0.15, -0.1) is 0 Å². The number of likely N-dealkylation sites (N-methyl/N-ethyl adjacent to an activating group) is 1. The van der Waals surface area contributed by atoms with Crippen molar-refractivity contribution in [2.75, 3.05) is 40.9 Å². The number of carbonyl (C=O) groups is 7. The summed E-state index contributed by atoms with van der Waals surface area (Å²) in [5, 5.41) is 15.8. The van der Waals surface area contributed by atoms with Gasteiger partial charge in [-0.05, 0) is 74.8 Å². The van der Waals surface area contributed by atoms with E-state index in [0.29, 0.717) is 38.4 Å². The normalized spacial score (nSPS) is 23.7. The number of carbonyl (C=O) groups excluding carboxylic acids is 6. The second-order valence-corrected chi connectivity index (χ2v) is 19.4. The number of nitrogens with one attached hydrogen (secondary N) is 2. The minimum absolute atomic E-state index is 0.0285. The van der Waals surface area contributed by atoms with Gasteiger partial charge in [-0.1, -0.05) is 84.2 Å². The molecular formula is C50H76N6O10. The Hall–Kier alpha value is -4.67. The topological polar surface area (TPSA) is 195 Å². The van der Waals surface area contributed by atoms with Crippen molar-refractivity contribution in [3.63, 3.8) is 0 Å². The van der Waals surface area contributed by atoms with Gasteiger partial charge in [0.2, 0.25) is 23.6 Å². The fourth-order valence-corrected chi connectivity index (χ4v) is 11.0. The molecule has 0 spiro atoms. The zero-order valence-electron chi connectivity index (χ0n) is 40.5. The zero-order chi connectivity index (χ0) is 48.2. The Morgan fingerprint density at radius 2 is 1.55 bits per heavy atom. The number of benzene rings is 1. The lowest BCUT2D eigenvalue weighted by Gasteiger charge is -2.41. The minimum Gasteiger partial charge on any atom is -0.480 e. The Labute approximate surface area is 391 Å². The number of hydrogen-bond donors (Lipinski definition) is 3. The molecule has 4 aliphatic rings. The number of fused-ring (bicyclic) bond motifs is 2. The van der Waals surface area contributed by atoms with Crippen molar-refractivity contribution in [2.45, 2.75) is 160 Å². The lowest BCUT2D eigenvalue weighted by molar-refractivity contribution is -0.148. The van der Waals surface area contributed by atoms with Crippen molar-refractivity contribution >= 4 is 41.4 Å². The predicted molar refractivity (Wildman–Crippen MR) is 249 cm³/mol. The molecule has 1 aliphatic carbocycles. The summed E-state index contributed by atoms with van der Waals surface area (Å²) in [6.45, 7) is 11.2.